The third kappa shape index (κ3) is 3.46. The fourth-order valence-corrected chi connectivity index (χ4v) is 0.308. The third-order valence-corrected chi connectivity index (χ3v) is 0.767. The topological polar surface area (TPSA) is 57.2 Å². The fraction of sp³-hybridized carbons (Fsp3) is 0.333. The summed E-state index contributed by atoms with van der Waals surface area (Å²) in [4.78, 5) is 19.9. The Labute approximate surface area is 53.0 Å². The standard InChI is InChI=1S/C6H8O3/c1-2-3-4-5(7)6(8)9/h2-3H,4H2,1H3,(H,8,9)/p-1/b3-2+. The Bertz CT molecular complexity index is 146. The number of allylic oxidation sites excluding steroid dienone is 2. The lowest BCUT2D eigenvalue weighted by molar-refractivity contribution is -0.299. The van der Waals surface area contributed by atoms with E-state index in [1.807, 2.05) is 0 Å². The molecular formula is C6H7O3-. The number of carbonyl (C=O) groups excluding carboxylic acids is 2. The number of carbonyl (C=O) groups is 2. The summed E-state index contributed by atoms with van der Waals surface area (Å²) in [6, 6.07) is 0. The van der Waals surface area contributed by atoms with Gasteiger partial charge in [-0.3, -0.25) is 4.79 Å². The van der Waals surface area contributed by atoms with Crippen molar-refractivity contribution in [2.75, 3.05) is 0 Å². The van der Waals surface area contributed by atoms with Gasteiger partial charge in [-0.2, -0.15) is 0 Å². The number of carboxylic acid groups (broad SMARTS) is 1. The Morgan fingerprint density at radius 2 is 2.11 bits per heavy atom. The highest BCUT2D eigenvalue weighted by Crippen LogP contribution is 1.82. The van der Waals surface area contributed by atoms with E-state index < -0.39 is 11.8 Å². The van der Waals surface area contributed by atoms with Crippen molar-refractivity contribution in [2.24, 2.45) is 0 Å². The highest BCUT2D eigenvalue weighted by molar-refractivity contribution is 6.31. The van der Waals surface area contributed by atoms with E-state index in [9.17, 15) is 14.7 Å². The number of hydrogen-bond donors (Lipinski definition) is 0. The van der Waals surface area contributed by atoms with Crippen LogP contribution in [0.2, 0.25) is 0 Å². The molecule has 0 bridgehead atoms. The molecule has 0 radical (unpaired) electrons. The van der Waals surface area contributed by atoms with Crippen LogP contribution >= 0.6 is 0 Å². The average Bonchev–Trinajstić information content (AvgIpc) is 1.82. The first-order valence-electron chi connectivity index (χ1n) is 2.53. The molecule has 3 heteroatoms. The molecule has 0 aromatic carbocycles. The molecule has 0 fully saturated rings. The second kappa shape index (κ2) is 3.83. The lowest BCUT2D eigenvalue weighted by Crippen LogP contribution is -2.30. The van der Waals surface area contributed by atoms with E-state index in [4.69, 9.17) is 0 Å². The Hall–Kier alpha value is -1.12. The summed E-state index contributed by atoms with van der Waals surface area (Å²) in [5, 5.41) is 9.71. The van der Waals surface area contributed by atoms with Crippen molar-refractivity contribution in [3.63, 3.8) is 0 Å². The van der Waals surface area contributed by atoms with Crippen LogP contribution in [-0.2, 0) is 9.59 Å². The lowest BCUT2D eigenvalue weighted by Gasteiger charge is -1.93. The summed E-state index contributed by atoms with van der Waals surface area (Å²) < 4.78 is 0. The number of rotatable bonds is 3. The molecule has 0 spiro atoms. The smallest absolute Gasteiger partial charge is 0.182 e. The minimum absolute atomic E-state index is 0.0706. The summed E-state index contributed by atoms with van der Waals surface area (Å²) >= 11 is 0. The van der Waals surface area contributed by atoms with Crippen molar-refractivity contribution in [1.29, 1.82) is 0 Å². The molecule has 0 aromatic rings. The largest absolute Gasteiger partial charge is 0.542 e. The monoisotopic (exact) mass is 127 g/mol. The molecule has 0 aliphatic heterocycles. The minimum Gasteiger partial charge on any atom is -0.542 e. The maximum absolute atomic E-state index is 10.2. The average molecular weight is 127 g/mol. The van der Waals surface area contributed by atoms with Gasteiger partial charge in [0.25, 0.3) is 0 Å². The van der Waals surface area contributed by atoms with Crippen LogP contribution in [0.15, 0.2) is 12.2 Å². The fourth-order valence-electron chi connectivity index (χ4n) is 0.308. The molecule has 0 atom stereocenters. The highest BCUT2D eigenvalue weighted by atomic mass is 16.4. The Kier molecular flexibility index (Phi) is 3.35. The predicted octanol–water partition coefficient (Wildman–Crippen LogP) is -0.728. The van der Waals surface area contributed by atoms with Crippen LogP contribution in [0.3, 0.4) is 0 Å². The number of hydrogen-bond acceptors (Lipinski definition) is 3. The van der Waals surface area contributed by atoms with Crippen LogP contribution in [0.5, 0.6) is 0 Å². The second-order valence-corrected chi connectivity index (χ2v) is 1.48. The van der Waals surface area contributed by atoms with Gasteiger partial charge in [-0.15, -0.1) is 0 Å². The maximum atomic E-state index is 10.2. The van der Waals surface area contributed by atoms with E-state index in [-0.39, 0.29) is 6.42 Å². The maximum Gasteiger partial charge on any atom is 0.182 e. The molecule has 0 unspecified atom stereocenters. The number of Topliss-reactive ketones (excluding diaryl/α,β-unsaturated/α-hetero) is 1. The van der Waals surface area contributed by atoms with E-state index in [0.717, 1.165) is 0 Å². The van der Waals surface area contributed by atoms with Gasteiger partial charge in [0.1, 0.15) is 5.97 Å². The summed E-state index contributed by atoms with van der Waals surface area (Å²) in [6.45, 7) is 1.71. The van der Waals surface area contributed by atoms with Crippen molar-refractivity contribution in [2.45, 2.75) is 13.3 Å². The molecule has 9 heavy (non-hydrogen) atoms. The molecule has 0 aliphatic carbocycles. The van der Waals surface area contributed by atoms with Crippen molar-refractivity contribution in [3.8, 4) is 0 Å². The van der Waals surface area contributed by atoms with Crippen LogP contribution in [0.1, 0.15) is 13.3 Å². The first kappa shape index (κ1) is 7.88. The first-order valence-corrected chi connectivity index (χ1v) is 2.53. The van der Waals surface area contributed by atoms with Gasteiger partial charge in [0.2, 0.25) is 0 Å². The van der Waals surface area contributed by atoms with Crippen LogP contribution < -0.4 is 5.11 Å². The van der Waals surface area contributed by atoms with Gasteiger partial charge in [0, 0.05) is 6.42 Å². The Morgan fingerprint density at radius 3 is 2.44 bits per heavy atom. The first-order chi connectivity index (χ1) is 4.18. The van der Waals surface area contributed by atoms with Gasteiger partial charge >= 0.3 is 0 Å². The van der Waals surface area contributed by atoms with E-state index in [1.54, 1.807) is 13.0 Å². The lowest BCUT2D eigenvalue weighted by atomic mass is 10.3. The van der Waals surface area contributed by atoms with Crippen LogP contribution in [0, 0.1) is 0 Å². The molecule has 0 aliphatic rings. The molecule has 0 saturated carbocycles. The van der Waals surface area contributed by atoms with Crippen molar-refractivity contribution in [3.05, 3.63) is 12.2 Å². The molecule has 0 amide bonds. The van der Waals surface area contributed by atoms with Gasteiger partial charge in [-0.05, 0) is 6.92 Å². The zero-order valence-electron chi connectivity index (χ0n) is 5.09. The summed E-state index contributed by atoms with van der Waals surface area (Å²) in [7, 11) is 0. The molecule has 0 rings (SSSR count). The molecule has 3 nitrogen and oxygen atoms in total. The summed E-state index contributed by atoms with van der Waals surface area (Å²) in [5.41, 5.74) is 0. The van der Waals surface area contributed by atoms with E-state index >= 15 is 0 Å². The minimum atomic E-state index is -1.62. The van der Waals surface area contributed by atoms with Crippen LogP contribution in [0.4, 0.5) is 0 Å². The molecule has 0 N–H and O–H groups in total. The Balaban J connectivity index is 3.65. The highest BCUT2D eigenvalue weighted by Gasteiger charge is 1.96. The van der Waals surface area contributed by atoms with Crippen LogP contribution in [0.25, 0.3) is 0 Å². The number of ketones is 1. The molecule has 0 aromatic heterocycles. The normalized spacial score (nSPS) is 9.89. The van der Waals surface area contributed by atoms with E-state index in [1.165, 1.54) is 6.08 Å². The molecule has 50 valence electrons. The predicted molar refractivity (Wildman–Crippen MR) is 29.4 cm³/mol. The van der Waals surface area contributed by atoms with Crippen LogP contribution in [-0.4, -0.2) is 11.8 Å². The second-order valence-electron chi connectivity index (χ2n) is 1.48. The van der Waals surface area contributed by atoms with E-state index in [2.05, 4.69) is 0 Å². The SMILES string of the molecule is C/C=C/CC(=O)C(=O)[O-]. The molecular weight excluding hydrogens is 120 g/mol. The van der Waals surface area contributed by atoms with Crippen molar-refractivity contribution < 1.29 is 14.7 Å². The third-order valence-electron chi connectivity index (χ3n) is 0.767. The van der Waals surface area contributed by atoms with Gasteiger partial charge in [0.15, 0.2) is 5.78 Å². The molecule has 0 saturated heterocycles. The molecule has 0 heterocycles. The zero-order chi connectivity index (χ0) is 7.28. The Morgan fingerprint density at radius 1 is 1.56 bits per heavy atom. The van der Waals surface area contributed by atoms with E-state index in [0.29, 0.717) is 0 Å². The number of aliphatic carboxylic acids is 1. The quantitative estimate of drug-likeness (QED) is 0.371. The van der Waals surface area contributed by atoms with Gasteiger partial charge < -0.3 is 9.90 Å². The van der Waals surface area contributed by atoms with Crippen molar-refractivity contribution in [1.82, 2.24) is 0 Å². The summed E-state index contributed by atoms with van der Waals surface area (Å²) in [6.07, 6.45) is 3.01. The van der Waals surface area contributed by atoms with Gasteiger partial charge in [-0.25, -0.2) is 0 Å². The van der Waals surface area contributed by atoms with Gasteiger partial charge in [0.05, 0.1) is 0 Å². The van der Waals surface area contributed by atoms with Gasteiger partial charge in [-0.1, -0.05) is 12.2 Å². The zero-order valence-corrected chi connectivity index (χ0v) is 5.09. The summed E-state index contributed by atoms with van der Waals surface area (Å²) in [5.74, 6) is -2.50. The number of carboxylic acids is 1. The van der Waals surface area contributed by atoms with Crippen molar-refractivity contribution >= 4 is 11.8 Å².